The second kappa shape index (κ2) is 8.47. The number of carbonyl (C=O) groups excluding carboxylic acids is 1. The van der Waals surface area contributed by atoms with Gasteiger partial charge in [0.25, 0.3) is 0 Å². The molecule has 0 atom stereocenters. The number of sulfone groups is 1. The quantitative estimate of drug-likeness (QED) is 0.696. The second-order valence-electron chi connectivity index (χ2n) is 6.48. The molecule has 0 unspecified atom stereocenters. The Morgan fingerprint density at radius 3 is 2.04 bits per heavy atom. The van der Waals surface area contributed by atoms with Crippen LogP contribution < -0.4 is 5.32 Å². The topological polar surface area (TPSA) is 101 Å². The van der Waals surface area contributed by atoms with Crippen molar-refractivity contribution >= 4 is 21.7 Å². The van der Waals surface area contributed by atoms with Gasteiger partial charge in [0, 0.05) is 6.54 Å². The van der Waals surface area contributed by atoms with Crippen LogP contribution in [0.2, 0.25) is 0 Å². The zero-order valence-electron chi connectivity index (χ0n) is 15.2. The summed E-state index contributed by atoms with van der Waals surface area (Å²) in [7, 11) is -3.33. The molecular formula is C18H27NO5S. The third-order valence-electron chi connectivity index (χ3n) is 4.67. The van der Waals surface area contributed by atoms with Crippen molar-refractivity contribution in [2.75, 3.05) is 6.54 Å². The van der Waals surface area contributed by atoms with Gasteiger partial charge in [-0.3, -0.25) is 9.59 Å². The van der Waals surface area contributed by atoms with Crippen molar-refractivity contribution in [3.63, 3.8) is 0 Å². The molecule has 2 N–H and O–H groups in total. The first-order chi connectivity index (χ1) is 11.6. The lowest BCUT2D eigenvalue weighted by Gasteiger charge is -2.26. The number of nitrogens with one attached hydrogen (secondary N) is 1. The van der Waals surface area contributed by atoms with Crippen molar-refractivity contribution < 1.29 is 23.1 Å². The highest BCUT2D eigenvalue weighted by molar-refractivity contribution is 7.92. The maximum atomic E-state index is 12.1. The van der Waals surface area contributed by atoms with Crippen molar-refractivity contribution in [2.45, 2.75) is 57.1 Å². The molecule has 0 aliphatic carbocycles. The first kappa shape index (κ1) is 21.2. The average Bonchev–Trinajstić information content (AvgIpc) is 2.56. The summed E-state index contributed by atoms with van der Waals surface area (Å²) in [6.07, 6.45) is 0.937. The lowest BCUT2D eigenvalue weighted by Crippen LogP contribution is -2.42. The van der Waals surface area contributed by atoms with Crippen molar-refractivity contribution in [1.82, 2.24) is 5.32 Å². The van der Waals surface area contributed by atoms with Gasteiger partial charge in [0.1, 0.15) is 0 Å². The van der Waals surface area contributed by atoms with E-state index in [2.05, 4.69) is 5.32 Å². The summed E-state index contributed by atoms with van der Waals surface area (Å²) in [5, 5.41) is 11.5. The Bertz CT molecular complexity index is 703. The number of carboxylic acids is 1. The summed E-state index contributed by atoms with van der Waals surface area (Å²) in [4.78, 5) is 23.7. The molecule has 0 aliphatic rings. The van der Waals surface area contributed by atoms with Crippen LogP contribution >= 0.6 is 0 Å². The molecule has 6 nitrogen and oxygen atoms in total. The second-order valence-corrected chi connectivity index (χ2v) is 8.99. The minimum Gasteiger partial charge on any atom is -0.481 e. The largest absolute Gasteiger partial charge is 0.481 e. The molecule has 0 bridgehead atoms. The summed E-state index contributed by atoms with van der Waals surface area (Å²) in [6.45, 7) is 6.89. The SMILES string of the molecule is CCC(CC)(CNC(=O)Cc1ccc(S(=O)(=O)C(C)C)cc1)C(=O)O. The van der Waals surface area contributed by atoms with E-state index in [-0.39, 0.29) is 23.8 Å². The molecule has 0 spiro atoms. The lowest BCUT2D eigenvalue weighted by atomic mass is 9.82. The fourth-order valence-corrected chi connectivity index (χ4v) is 3.52. The summed E-state index contributed by atoms with van der Waals surface area (Å²) >= 11 is 0. The molecule has 0 saturated heterocycles. The Labute approximate surface area is 149 Å². The minimum absolute atomic E-state index is 0.0745. The summed E-state index contributed by atoms with van der Waals surface area (Å²) in [5.41, 5.74) is -0.278. The van der Waals surface area contributed by atoms with E-state index in [0.29, 0.717) is 18.4 Å². The van der Waals surface area contributed by atoms with E-state index in [1.165, 1.54) is 12.1 Å². The fourth-order valence-electron chi connectivity index (χ4n) is 2.46. The molecule has 0 heterocycles. The Hall–Kier alpha value is -1.89. The van der Waals surface area contributed by atoms with Gasteiger partial charge in [-0.15, -0.1) is 0 Å². The number of aliphatic carboxylic acids is 1. The molecule has 140 valence electrons. The van der Waals surface area contributed by atoms with E-state index >= 15 is 0 Å². The summed E-state index contributed by atoms with van der Waals surface area (Å²) in [6, 6.07) is 6.22. The molecule has 1 rings (SSSR count). The standard InChI is InChI=1S/C18H27NO5S/c1-5-18(6-2,17(21)22)12-19-16(20)11-14-7-9-15(10-8-14)25(23,24)13(3)4/h7-10,13H,5-6,11-12H2,1-4H3,(H,19,20)(H,21,22). The van der Waals surface area contributed by atoms with E-state index < -0.39 is 26.5 Å². The summed E-state index contributed by atoms with van der Waals surface area (Å²) < 4.78 is 24.1. The fraction of sp³-hybridized carbons (Fsp3) is 0.556. The molecule has 0 saturated carbocycles. The number of hydrogen-bond donors (Lipinski definition) is 2. The molecule has 0 fully saturated rings. The Morgan fingerprint density at radius 2 is 1.64 bits per heavy atom. The van der Waals surface area contributed by atoms with Crippen LogP contribution in [0.1, 0.15) is 46.1 Å². The van der Waals surface area contributed by atoms with Crippen molar-refractivity contribution in [1.29, 1.82) is 0 Å². The summed E-state index contributed by atoms with van der Waals surface area (Å²) in [5.74, 6) is -1.20. The lowest BCUT2D eigenvalue weighted by molar-refractivity contribution is -0.149. The van der Waals surface area contributed by atoms with Crippen LogP contribution in [0.5, 0.6) is 0 Å². The van der Waals surface area contributed by atoms with Gasteiger partial charge in [-0.2, -0.15) is 0 Å². The number of benzene rings is 1. The van der Waals surface area contributed by atoms with E-state index in [1.54, 1.807) is 39.8 Å². The van der Waals surface area contributed by atoms with Gasteiger partial charge < -0.3 is 10.4 Å². The first-order valence-corrected chi connectivity index (χ1v) is 9.96. The van der Waals surface area contributed by atoms with Gasteiger partial charge in [0.15, 0.2) is 9.84 Å². The van der Waals surface area contributed by atoms with Gasteiger partial charge in [0.2, 0.25) is 5.91 Å². The molecular weight excluding hydrogens is 342 g/mol. The first-order valence-electron chi connectivity index (χ1n) is 8.42. The number of amides is 1. The van der Waals surface area contributed by atoms with Crippen LogP contribution in [0.15, 0.2) is 29.2 Å². The Balaban J connectivity index is 2.74. The number of carbonyl (C=O) groups is 2. The molecule has 25 heavy (non-hydrogen) atoms. The Kier molecular flexibility index (Phi) is 7.17. The molecule has 1 aromatic carbocycles. The van der Waals surface area contributed by atoms with Gasteiger partial charge in [-0.1, -0.05) is 26.0 Å². The van der Waals surface area contributed by atoms with E-state index in [1.807, 2.05) is 0 Å². The van der Waals surface area contributed by atoms with E-state index in [9.17, 15) is 23.1 Å². The monoisotopic (exact) mass is 369 g/mol. The normalized spacial score (nSPS) is 12.2. The Morgan fingerprint density at radius 1 is 1.12 bits per heavy atom. The highest BCUT2D eigenvalue weighted by atomic mass is 32.2. The maximum Gasteiger partial charge on any atom is 0.311 e. The maximum absolute atomic E-state index is 12.1. The van der Waals surface area contributed by atoms with Crippen LogP contribution in [0.3, 0.4) is 0 Å². The van der Waals surface area contributed by atoms with Crippen molar-refractivity contribution in [3.05, 3.63) is 29.8 Å². The molecule has 1 amide bonds. The molecule has 7 heteroatoms. The third kappa shape index (κ3) is 5.04. The zero-order valence-corrected chi connectivity index (χ0v) is 16.0. The van der Waals surface area contributed by atoms with Crippen LogP contribution in [-0.2, 0) is 25.8 Å². The van der Waals surface area contributed by atoms with Gasteiger partial charge in [0.05, 0.1) is 22.0 Å². The average molecular weight is 369 g/mol. The minimum atomic E-state index is -3.33. The van der Waals surface area contributed by atoms with E-state index in [4.69, 9.17) is 0 Å². The predicted octanol–water partition coefficient (Wildman–Crippen LogP) is 2.42. The van der Waals surface area contributed by atoms with Gasteiger partial charge in [-0.25, -0.2) is 8.42 Å². The zero-order chi connectivity index (χ0) is 19.3. The molecule has 0 radical (unpaired) electrons. The smallest absolute Gasteiger partial charge is 0.311 e. The van der Waals surface area contributed by atoms with Gasteiger partial charge >= 0.3 is 5.97 Å². The van der Waals surface area contributed by atoms with Crippen molar-refractivity contribution in [3.8, 4) is 0 Å². The van der Waals surface area contributed by atoms with Crippen LogP contribution in [-0.4, -0.2) is 37.2 Å². The van der Waals surface area contributed by atoms with Crippen molar-refractivity contribution in [2.24, 2.45) is 5.41 Å². The molecule has 0 aliphatic heterocycles. The highest BCUT2D eigenvalue weighted by Gasteiger charge is 2.35. The molecule has 1 aromatic rings. The number of hydrogen-bond acceptors (Lipinski definition) is 4. The highest BCUT2D eigenvalue weighted by Crippen LogP contribution is 2.25. The van der Waals surface area contributed by atoms with Crippen LogP contribution in [0, 0.1) is 5.41 Å². The number of carboxylic acid groups (broad SMARTS) is 1. The predicted molar refractivity (Wildman–Crippen MR) is 96.1 cm³/mol. The van der Waals surface area contributed by atoms with E-state index in [0.717, 1.165) is 0 Å². The third-order valence-corrected chi connectivity index (χ3v) is 6.84. The molecule has 0 aromatic heterocycles. The van der Waals surface area contributed by atoms with Crippen LogP contribution in [0.25, 0.3) is 0 Å². The van der Waals surface area contributed by atoms with Gasteiger partial charge in [-0.05, 0) is 44.4 Å². The van der Waals surface area contributed by atoms with Crippen LogP contribution in [0.4, 0.5) is 0 Å². The number of rotatable bonds is 9.